The molecule has 3 N–H and O–H groups in total. The van der Waals surface area contributed by atoms with Crippen molar-refractivity contribution in [3.63, 3.8) is 0 Å². The molecule has 0 aromatic heterocycles. The first-order chi connectivity index (χ1) is 10.5. The van der Waals surface area contributed by atoms with Gasteiger partial charge < -0.3 is 16.0 Å². The second-order valence-corrected chi connectivity index (χ2v) is 5.92. The fraction of sp³-hybridized carbons (Fsp3) is 0.529. The van der Waals surface area contributed by atoms with Gasteiger partial charge in [0.25, 0.3) is 0 Å². The first kappa shape index (κ1) is 16.3. The molecule has 1 aliphatic heterocycles. The number of aryl methyl sites for hydroxylation is 1. The number of nitrogens with one attached hydrogen (secondary N) is 1. The van der Waals surface area contributed by atoms with E-state index in [0.717, 1.165) is 12.0 Å². The zero-order chi connectivity index (χ0) is 16.1. The van der Waals surface area contributed by atoms with Crippen LogP contribution in [0.4, 0.5) is 4.79 Å². The summed E-state index contributed by atoms with van der Waals surface area (Å²) in [6, 6.07) is 7.93. The third-order valence-electron chi connectivity index (χ3n) is 4.42. The number of rotatable bonds is 4. The average Bonchev–Trinajstić information content (AvgIpc) is 2.54. The Hall–Kier alpha value is -2.04. The maximum atomic E-state index is 12.3. The quantitative estimate of drug-likeness (QED) is 0.895. The van der Waals surface area contributed by atoms with Crippen molar-refractivity contribution in [2.24, 2.45) is 11.7 Å². The Morgan fingerprint density at radius 2 is 1.86 bits per heavy atom. The molecule has 1 saturated heterocycles. The van der Waals surface area contributed by atoms with Crippen molar-refractivity contribution in [1.29, 1.82) is 0 Å². The molecule has 22 heavy (non-hydrogen) atoms. The van der Waals surface area contributed by atoms with Crippen LogP contribution in [0.3, 0.4) is 0 Å². The normalized spacial score (nSPS) is 17.1. The second kappa shape index (κ2) is 7.29. The number of hydrogen-bond donors (Lipinski definition) is 2. The third-order valence-corrected chi connectivity index (χ3v) is 4.42. The minimum absolute atomic E-state index is 0.00687. The van der Waals surface area contributed by atoms with Crippen LogP contribution in [-0.4, -0.2) is 29.9 Å². The Morgan fingerprint density at radius 1 is 1.27 bits per heavy atom. The SMILES string of the molecule is CCc1ccc([C@H](C)NC(=O)C2CCN(C(N)=O)CC2)cc1. The molecule has 3 amide bonds. The van der Waals surface area contributed by atoms with Crippen LogP contribution in [0.1, 0.15) is 43.9 Å². The fourth-order valence-electron chi connectivity index (χ4n) is 2.82. The van der Waals surface area contributed by atoms with E-state index < -0.39 is 6.03 Å². The highest BCUT2D eigenvalue weighted by Crippen LogP contribution is 2.20. The lowest BCUT2D eigenvalue weighted by molar-refractivity contribution is -0.126. The van der Waals surface area contributed by atoms with Gasteiger partial charge in [0.1, 0.15) is 0 Å². The van der Waals surface area contributed by atoms with Gasteiger partial charge in [0.05, 0.1) is 6.04 Å². The summed E-state index contributed by atoms with van der Waals surface area (Å²) in [5, 5.41) is 3.07. The molecule has 1 heterocycles. The lowest BCUT2D eigenvalue weighted by Gasteiger charge is -2.30. The van der Waals surface area contributed by atoms with Crippen molar-refractivity contribution in [3.05, 3.63) is 35.4 Å². The number of amides is 3. The average molecular weight is 303 g/mol. The highest BCUT2D eigenvalue weighted by Gasteiger charge is 2.27. The first-order valence-corrected chi connectivity index (χ1v) is 7.94. The number of nitrogens with zero attached hydrogens (tertiary/aromatic N) is 1. The molecule has 5 heteroatoms. The number of primary amides is 1. The standard InChI is InChI=1S/C17H25N3O2/c1-3-13-4-6-14(7-5-13)12(2)19-16(21)15-8-10-20(11-9-15)17(18)22/h4-7,12,15H,3,8-11H2,1-2H3,(H2,18,22)(H,19,21)/t12-/m0/s1. The Bertz CT molecular complexity index is 519. The molecule has 5 nitrogen and oxygen atoms in total. The molecule has 0 spiro atoms. The smallest absolute Gasteiger partial charge is 0.314 e. The summed E-state index contributed by atoms with van der Waals surface area (Å²) in [5.41, 5.74) is 7.66. The van der Waals surface area contributed by atoms with Crippen molar-refractivity contribution < 1.29 is 9.59 Å². The monoisotopic (exact) mass is 303 g/mol. The molecule has 0 aliphatic carbocycles. The van der Waals surface area contributed by atoms with Gasteiger partial charge in [0, 0.05) is 19.0 Å². The van der Waals surface area contributed by atoms with Crippen LogP contribution in [0.25, 0.3) is 0 Å². The molecule has 0 saturated carbocycles. The van der Waals surface area contributed by atoms with Gasteiger partial charge >= 0.3 is 6.03 Å². The Kier molecular flexibility index (Phi) is 5.41. The number of likely N-dealkylation sites (tertiary alicyclic amines) is 1. The van der Waals surface area contributed by atoms with E-state index in [4.69, 9.17) is 5.73 Å². The van der Waals surface area contributed by atoms with Gasteiger partial charge in [0.15, 0.2) is 0 Å². The van der Waals surface area contributed by atoms with E-state index in [9.17, 15) is 9.59 Å². The Morgan fingerprint density at radius 3 is 2.36 bits per heavy atom. The van der Waals surface area contributed by atoms with Crippen molar-refractivity contribution in [2.45, 2.75) is 39.2 Å². The number of piperidine rings is 1. The number of benzene rings is 1. The fourth-order valence-corrected chi connectivity index (χ4v) is 2.82. The molecular formula is C17H25N3O2. The summed E-state index contributed by atoms with van der Waals surface area (Å²) in [5.74, 6) is 0.0316. The lowest BCUT2D eigenvalue weighted by Crippen LogP contribution is -2.45. The van der Waals surface area contributed by atoms with E-state index in [1.54, 1.807) is 4.90 Å². The van der Waals surface area contributed by atoms with Gasteiger partial charge in [-0.15, -0.1) is 0 Å². The van der Waals surface area contributed by atoms with Gasteiger partial charge in [-0.2, -0.15) is 0 Å². The Labute approximate surface area is 131 Å². The minimum Gasteiger partial charge on any atom is -0.351 e. The van der Waals surface area contributed by atoms with Crippen LogP contribution >= 0.6 is 0 Å². The molecule has 1 fully saturated rings. The third kappa shape index (κ3) is 4.00. The van der Waals surface area contributed by atoms with E-state index in [2.05, 4.69) is 36.5 Å². The van der Waals surface area contributed by atoms with Crippen molar-refractivity contribution in [2.75, 3.05) is 13.1 Å². The largest absolute Gasteiger partial charge is 0.351 e. The van der Waals surface area contributed by atoms with Gasteiger partial charge in [-0.3, -0.25) is 4.79 Å². The van der Waals surface area contributed by atoms with Gasteiger partial charge in [-0.1, -0.05) is 31.2 Å². The molecule has 1 aromatic rings. The van der Waals surface area contributed by atoms with Crippen LogP contribution in [0.5, 0.6) is 0 Å². The van der Waals surface area contributed by atoms with Crippen LogP contribution in [-0.2, 0) is 11.2 Å². The molecule has 1 aliphatic rings. The summed E-state index contributed by atoms with van der Waals surface area (Å²) in [6.07, 6.45) is 2.37. The predicted molar refractivity (Wildman–Crippen MR) is 86.3 cm³/mol. The molecular weight excluding hydrogens is 278 g/mol. The summed E-state index contributed by atoms with van der Waals surface area (Å²) < 4.78 is 0. The summed E-state index contributed by atoms with van der Waals surface area (Å²) in [6.45, 7) is 5.25. The molecule has 120 valence electrons. The lowest BCUT2D eigenvalue weighted by atomic mass is 9.95. The molecule has 0 radical (unpaired) electrons. The zero-order valence-electron chi connectivity index (χ0n) is 13.3. The number of carbonyl (C=O) groups is 2. The van der Waals surface area contributed by atoms with E-state index in [1.165, 1.54) is 5.56 Å². The van der Waals surface area contributed by atoms with Crippen molar-refractivity contribution in [3.8, 4) is 0 Å². The molecule has 1 aromatic carbocycles. The van der Waals surface area contributed by atoms with E-state index in [0.29, 0.717) is 25.9 Å². The molecule has 2 rings (SSSR count). The topological polar surface area (TPSA) is 75.4 Å². The highest BCUT2D eigenvalue weighted by atomic mass is 16.2. The van der Waals surface area contributed by atoms with Crippen molar-refractivity contribution >= 4 is 11.9 Å². The molecule has 0 unspecified atom stereocenters. The number of nitrogens with two attached hydrogens (primary N) is 1. The molecule has 0 bridgehead atoms. The second-order valence-electron chi connectivity index (χ2n) is 5.92. The van der Waals surface area contributed by atoms with Crippen LogP contribution < -0.4 is 11.1 Å². The van der Waals surface area contributed by atoms with E-state index >= 15 is 0 Å². The van der Waals surface area contributed by atoms with Crippen LogP contribution in [0.2, 0.25) is 0 Å². The van der Waals surface area contributed by atoms with Gasteiger partial charge in [0.2, 0.25) is 5.91 Å². The predicted octanol–water partition coefficient (Wildman–Crippen LogP) is 2.22. The Balaban J connectivity index is 1.87. The highest BCUT2D eigenvalue weighted by molar-refractivity contribution is 5.79. The maximum absolute atomic E-state index is 12.3. The van der Waals surface area contributed by atoms with Gasteiger partial charge in [-0.25, -0.2) is 4.79 Å². The van der Waals surface area contributed by atoms with Crippen LogP contribution in [0.15, 0.2) is 24.3 Å². The number of carbonyl (C=O) groups excluding carboxylic acids is 2. The first-order valence-electron chi connectivity index (χ1n) is 7.94. The summed E-state index contributed by atoms with van der Waals surface area (Å²) >= 11 is 0. The number of hydrogen-bond acceptors (Lipinski definition) is 2. The van der Waals surface area contributed by atoms with Gasteiger partial charge in [-0.05, 0) is 37.3 Å². The van der Waals surface area contributed by atoms with Crippen molar-refractivity contribution in [1.82, 2.24) is 10.2 Å². The summed E-state index contributed by atoms with van der Waals surface area (Å²) in [7, 11) is 0. The summed E-state index contributed by atoms with van der Waals surface area (Å²) in [4.78, 5) is 25.0. The van der Waals surface area contributed by atoms with E-state index in [1.807, 2.05) is 6.92 Å². The maximum Gasteiger partial charge on any atom is 0.314 e. The minimum atomic E-state index is -0.400. The van der Waals surface area contributed by atoms with Crippen LogP contribution in [0, 0.1) is 5.92 Å². The number of urea groups is 1. The van der Waals surface area contributed by atoms with E-state index in [-0.39, 0.29) is 17.9 Å². The zero-order valence-corrected chi connectivity index (χ0v) is 13.3. The molecule has 1 atom stereocenters.